The molecule has 5 heteroatoms. The number of ether oxygens (including phenoxy) is 2. The molecular weight excluding hydrogens is 266 g/mol. The quantitative estimate of drug-likeness (QED) is 0.873. The maximum Gasteiger partial charge on any atom is 0.404 e. The van der Waals surface area contributed by atoms with Gasteiger partial charge in [0, 0.05) is 24.7 Å². The Kier molecular flexibility index (Phi) is 4.66. The van der Waals surface area contributed by atoms with Crippen molar-refractivity contribution in [3.05, 3.63) is 34.9 Å². The molecule has 104 valence electrons. The van der Waals surface area contributed by atoms with Crippen LogP contribution in [0.5, 0.6) is 0 Å². The lowest BCUT2D eigenvalue weighted by atomic mass is 9.91. The number of amides is 1. The Morgan fingerprint density at radius 3 is 2.89 bits per heavy atom. The van der Waals surface area contributed by atoms with Crippen LogP contribution in [0.4, 0.5) is 4.79 Å². The SMILES string of the molecule is COCC[C@H](c1ccccc1Cl)[C@@H]1C[C@@H]1OC(N)=O. The van der Waals surface area contributed by atoms with Crippen LogP contribution in [0.15, 0.2) is 24.3 Å². The highest BCUT2D eigenvalue weighted by Crippen LogP contribution is 2.48. The second-order valence-electron chi connectivity index (χ2n) is 4.78. The number of nitrogens with two attached hydrogens (primary N) is 1. The van der Waals surface area contributed by atoms with E-state index >= 15 is 0 Å². The zero-order chi connectivity index (χ0) is 13.8. The van der Waals surface area contributed by atoms with E-state index in [0.29, 0.717) is 6.61 Å². The Balaban J connectivity index is 2.09. The number of carbonyl (C=O) groups is 1. The van der Waals surface area contributed by atoms with Crippen LogP contribution in [-0.4, -0.2) is 25.9 Å². The van der Waals surface area contributed by atoms with Gasteiger partial charge in [0.15, 0.2) is 0 Å². The molecular formula is C14H18ClNO3. The topological polar surface area (TPSA) is 61.6 Å². The van der Waals surface area contributed by atoms with Crippen LogP contribution < -0.4 is 5.73 Å². The van der Waals surface area contributed by atoms with E-state index in [2.05, 4.69) is 0 Å². The third-order valence-electron chi connectivity index (χ3n) is 3.50. The molecule has 2 rings (SSSR count). The Morgan fingerprint density at radius 1 is 1.53 bits per heavy atom. The summed E-state index contributed by atoms with van der Waals surface area (Å²) in [6, 6.07) is 7.77. The minimum absolute atomic E-state index is 0.0874. The fraction of sp³-hybridized carbons (Fsp3) is 0.500. The van der Waals surface area contributed by atoms with E-state index in [1.165, 1.54) is 0 Å². The van der Waals surface area contributed by atoms with Gasteiger partial charge in [-0.05, 0) is 30.4 Å². The molecule has 1 aromatic rings. The van der Waals surface area contributed by atoms with Gasteiger partial charge in [-0.1, -0.05) is 29.8 Å². The lowest BCUT2D eigenvalue weighted by Gasteiger charge is -2.18. The van der Waals surface area contributed by atoms with Gasteiger partial charge in [0.2, 0.25) is 0 Å². The second-order valence-corrected chi connectivity index (χ2v) is 5.19. The summed E-state index contributed by atoms with van der Waals surface area (Å²) in [7, 11) is 1.67. The van der Waals surface area contributed by atoms with Crippen molar-refractivity contribution in [2.24, 2.45) is 11.7 Å². The molecule has 0 spiro atoms. The summed E-state index contributed by atoms with van der Waals surface area (Å²) in [6.07, 6.45) is 0.888. The minimum Gasteiger partial charge on any atom is -0.446 e. The zero-order valence-electron chi connectivity index (χ0n) is 10.8. The number of methoxy groups -OCH3 is 1. The van der Waals surface area contributed by atoms with Crippen LogP contribution in [0.2, 0.25) is 5.02 Å². The standard InChI is InChI=1S/C14H18ClNO3/c1-18-7-6-9(10-4-2-3-5-12(10)15)11-8-13(11)19-14(16)17/h2-5,9,11,13H,6-8H2,1H3,(H2,16,17)/t9-,11+,13+/m1/s1. The summed E-state index contributed by atoms with van der Waals surface area (Å²) >= 11 is 6.25. The van der Waals surface area contributed by atoms with Crippen LogP contribution in [0, 0.1) is 5.92 Å². The van der Waals surface area contributed by atoms with Crippen LogP contribution in [-0.2, 0) is 9.47 Å². The van der Waals surface area contributed by atoms with Crippen LogP contribution in [0.1, 0.15) is 24.3 Å². The first kappa shape index (κ1) is 14.2. The van der Waals surface area contributed by atoms with E-state index in [4.69, 9.17) is 26.8 Å². The first-order valence-corrected chi connectivity index (χ1v) is 6.70. The van der Waals surface area contributed by atoms with Gasteiger partial charge in [-0.15, -0.1) is 0 Å². The van der Waals surface area contributed by atoms with Crippen LogP contribution in [0.3, 0.4) is 0 Å². The Hall–Kier alpha value is -1.26. The van der Waals surface area contributed by atoms with Crippen LogP contribution >= 0.6 is 11.6 Å². The van der Waals surface area contributed by atoms with Crippen molar-refractivity contribution in [1.82, 2.24) is 0 Å². The van der Waals surface area contributed by atoms with Gasteiger partial charge in [-0.25, -0.2) is 4.79 Å². The van der Waals surface area contributed by atoms with Gasteiger partial charge in [-0.2, -0.15) is 0 Å². The van der Waals surface area contributed by atoms with Crippen molar-refractivity contribution in [2.75, 3.05) is 13.7 Å². The molecule has 0 aliphatic heterocycles. The fourth-order valence-corrected chi connectivity index (χ4v) is 2.79. The molecule has 1 amide bonds. The molecule has 1 fully saturated rings. The molecule has 1 aliphatic carbocycles. The predicted octanol–water partition coefficient (Wildman–Crippen LogP) is 2.94. The molecule has 0 heterocycles. The van der Waals surface area contributed by atoms with E-state index in [1.54, 1.807) is 7.11 Å². The minimum atomic E-state index is -0.711. The Labute approximate surface area is 117 Å². The van der Waals surface area contributed by atoms with Crippen molar-refractivity contribution in [3.63, 3.8) is 0 Å². The molecule has 0 unspecified atom stereocenters. The lowest BCUT2D eigenvalue weighted by molar-refractivity contribution is 0.137. The number of rotatable bonds is 6. The highest BCUT2D eigenvalue weighted by Gasteiger charge is 2.46. The van der Waals surface area contributed by atoms with Gasteiger partial charge in [0.05, 0.1) is 0 Å². The van der Waals surface area contributed by atoms with Gasteiger partial charge in [0.1, 0.15) is 6.10 Å². The van der Waals surface area contributed by atoms with Gasteiger partial charge < -0.3 is 15.2 Å². The number of hydrogen-bond donors (Lipinski definition) is 1. The maximum atomic E-state index is 10.8. The Bertz CT molecular complexity index is 452. The van der Waals surface area contributed by atoms with Gasteiger partial charge in [0.25, 0.3) is 0 Å². The summed E-state index contributed by atoms with van der Waals surface area (Å²) in [5.74, 6) is 0.514. The molecule has 1 aromatic carbocycles. The first-order valence-electron chi connectivity index (χ1n) is 6.33. The van der Waals surface area contributed by atoms with E-state index < -0.39 is 6.09 Å². The lowest BCUT2D eigenvalue weighted by Crippen LogP contribution is -2.17. The van der Waals surface area contributed by atoms with Crippen molar-refractivity contribution >= 4 is 17.7 Å². The summed E-state index contributed by atoms with van der Waals surface area (Å²) < 4.78 is 10.2. The molecule has 3 atom stereocenters. The van der Waals surface area contributed by atoms with Gasteiger partial charge >= 0.3 is 6.09 Å². The van der Waals surface area contributed by atoms with Crippen LogP contribution in [0.25, 0.3) is 0 Å². The van der Waals surface area contributed by atoms with Crippen molar-refractivity contribution in [2.45, 2.75) is 24.9 Å². The molecule has 4 nitrogen and oxygen atoms in total. The average molecular weight is 284 g/mol. The monoisotopic (exact) mass is 283 g/mol. The Morgan fingerprint density at radius 2 is 2.26 bits per heavy atom. The number of benzene rings is 1. The average Bonchev–Trinajstić information content (AvgIpc) is 3.10. The number of halogens is 1. The van der Waals surface area contributed by atoms with Crippen molar-refractivity contribution < 1.29 is 14.3 Å². The summed E-state index contributed by atoms with van der Waals surface area (Å²) in [4.78, 5) is 10.8. The fourth-order valence-electron chi connectivity index (χ4n) is 2.52. The van der Waals surface area contributed by atoms with E-state index in [9.17, 15) is 4.79 Å². The van der Waals surface area contributed by atoms with E-state index in [-0.39, 0.29) is 17.9 Å². The highest BCUT2D eigenvalue weighted by molar-refractivity contribution is 6.31. The predicted molar refractivity (Wildman–Crippen MR) is 73.2 cm³/mol. The largest absolute Gasteiger partial charge is 0.446 e. The smallest absolute Gasteiger partial charge is 0.404 e. The molecule has 0 saturated heterocycles. The summed E-state index contributed by atoms with van der Waals surface area (Å²) in [5.41, 5.74) is 6.14. The van der Waals surface area contributed by atoms with Gasteiger partial charge in [-0.3, -0.25) is 0 Å². The summed E-state index contributed by atoms with van der Waals surface area (Å²) in [5, 5.41) is 0.744. The zero-order valence-corrected chi connectivity index (χ0v) is 11.6. The second kappa shape index (κ2) is 6.26. The molecule has 0 bridgehead atoms. The number of primary amides is 1. The summed E-state index contributed by atoms with van der Waals surface area (Å²) in [6.45, 7) is 0.648. The molecule has 0 aromatic heterocycles. The molecule has 1 aliphatic rings. The molecule has 0 radical (unpaired) electrons. The third kappa shape index (κ3) is 3.61. The third-order valence-corrected chi connectivity index (χ3v) is 3.85. The normalized spacial score (nSPS) is 22.8. The van der Waals surface area contributed by atoms with E-state index in [1.807, 2.05) is 24.3 Å². The number of hydrogen-bond acceptors (Lipinski definition) is 3. The maximum absolute atomic E-state index is 10.8. The molecule has 2 N–H and O–H groups in total. The first-order chi connectivity index (χ1) is 9.13. The molecule has 1 saturated carbocycles. The number of carbonyl (C=O) groups excluding carboxylic acids is 1. The molecule has 19 heavy (non-hydrogen) atoms. The van der Waals surface area contributed by atoms with E-state index in [0.717, 1.165) is 23.4 Å². The van der Waals surface area contributed by atoms with Crippen molar-refractivity contribution in [3.8, 4) is 0 Å². The highest BCUT2D eigenvalue weighted by atomic mass is 35.5. The van der Waals surface area contributed by atoms with Crippen molar-refractivity contribution in [1.29, 1.82) is 0 Å².